The average Bonchev–Trinajstić information content (AvgIpc) is 2.36. The Bertz CT molecular complexity index is 533. The van der Waals surface area contributed by atoms with Gasteiger partial charge in [-0.2, -0.15) is 0 Å². The van der Waals surface area contributed by atoms with E-state index in [1.54, 1.807) is 12.1 Å². The van der Waals surface area contributed by atoms with Crippen molar-refractivity contribution in [2.75, 3.05) is 18.5 Å². The van der Waals surface area contributed by atoms with Crippen LogP contribution in [-0.4, -0.2) is 34.6 Å². The molecule has 0 spiro atoms. The molecule has 7 heteroatoms. The second kappa shape index (κ2) is 5.97. The van der Waals surface area contributed by atoms with Gasteiger partial charge >= 0.3 is 0 Å². The summed E-state index contributed by atoms with van der Waals surface area (Å²) in [4.78, 5) is 12.9. The van der Waals surface area contributed by atoms with Gasteiger partial charge in [0, 0.05) is 25.7 Å². The molecule has 1 atom stereocenters. The number of ether oxygens (including phenoxy) is 1. The normalized spacial score (nSPS) is 22.0. The standard InChI is InChI=1S/C14H22N4O3/c1-10-7-17(9-14(2,3)21-10)8-11-4-5-12(16-15)13(6-11)18(19)20/h4-6,10,16H,7-9,15H2,1-3H3. The van der Waals surface area contributed by atoms with E-state index < -0.39 is 4.92 Å². The molecule has 3 N–H and O–H groups in total. The van der Waals surface area contributed by atoms with Crippen LogP contribution in [-0.2, 0) is 11.3 Å². The van der Waals surface area contributed by atoms with Gasteiger partial charge in [-0.25, -0.2) is 0 Å². The molecule has 0 amide bonds. The second-order valence-electron chi connectivity index (χ2n) is 6.11. The van der Waals surface area contributed by atoms with Crippen LogP contribution in [0.3, 0.4) is 0 Å². The third-order valence-electron chi connectivity index (χ3n) is 3.46. The molecule has 1 heterocycles. The fourth-order valence-corrected chi connectivity index (χ4v) is 2.91. The molecule has 1 aliphatic rings. The number of nitrogens with one attached hydrogen (secondary N) is 1. The molecule has 0 bridgehead atoms. The maximum atomic E-state index is 11.1. The molecule has 116 valence electrons. The summed E-state index contributed by atoms with van der Waals surface area (Å²) in [7, 11) is 0. The van der Waals surface area contributed by atoms with Gasteiger partial charge in [-0.05, 0) is 32.4 Å². The van der Waals surface area contributed by atoms with Gasteiger partial charge in [-0.15, -0.1) is 0 Å². The molecule has 1 fully saturated rings. The number of hydrazine groups is 1. The zero-order valence-electron chi connectivity index (χ0n) is 12.6. The molecule has 1 aliphatic heterocycles. The van der Waals surface area contributed by atoms with Crippen LogP contribution in [0.25, 0.3) is 0 Å². The van der Waals surface area contributed by atoms with Crippen LogP contribution in [0, 0.1) is 10.1 Å². The Balaban J connectivity index is 2.16. The first kappa shape index (κ1) is 15.7. The maximum absolute atomic E-state index is 11.1. The number of rotatable bonds is 4. The SMILES string of the molecule is CC1CN(Cc2ccc(NN)c([N+](=O)[O-])c2)CC(C)(C)O1. The summed E-state index contributed by atoms with van der Waals surface area (Å²) < 4.78 is 5.86. The van der Waals surface area contributed by atoms with Crippen molar-refractivity contribution in [1.29, 1.82) is 0 Å². The average molecular weight is 294 g/mol. The van der Waals surface area contributed by atoms with Gasteiger partial charge in [-0.3, -0.25) is 20.9 Å². The van der Waals surface area contributed by atoms with Crippen LogP contribution in [0.4, 0.5) is 11.4 Å². The first-order chi connectivity index (χ1) is 9.80. The van der Waals surface area contributed by atoms with Gasteiger partial charge in [0.05, 0.1) is 16.6 Å². The highest BCUT2D eigenvalue weighted by Crippen LogP contribution is 2.27. The van der Waals surface area contributed by atoms with Crippen molar-refractivity contribution in [1.82, 2.24) is 4.90 Å². The highest BCUT2D eigenvalue weighted by Gasteiger charge is 2.31. The molecule has 7 nitrogen and oxygen atoms in total. The lowest BCUT2D eigenvalue weighted by atomic mass is 10.0. The summed E-state index contributed by atoms with van der Waals surface area (Å²) in [5.74, 6) is 5.30. The van der Waals surface area contributed by atoms with Gasteiger partial charge in [0.25, 0.3) is 5.69 Å². The Morgan fingerprint density at radius 1 is 1.57 bits per heavy atom. The predicted octanol–water partition coefficient (Wildman–Crippen LogP) is 1.88. The number of nitrogen functional groups attached to an aromatic ring is 1. The summed E-state index contributed by atoms with van der Waals surface area (Å²) in [6.07, 6.45) is 0.147. The molecule has 0 radical (unpaired) electrons. The summed E-state index contributed by atoms with van der Waals surface area (Å²) >= 11 is 0. The first-order valence-corrected chi connectivity index (χ1v) is 6.95. The topological polar surface area (TPSA) is 93.7 Å². The van der Waals surface area contributed by atoms with Crippen LogP contribution in [0.1, 0.15) is 26.3 Å². The summed E-state index contributed by atoms with van der Waals surface area (Å²) in [5, 5.41) is 11.1. The number of nitro benzene ring substituents is 1. The zero-order valence-corrected chi connectivity index (χ0v) is 12.6. The number of nitro groups is 1. The van der Waals surface area contributed by atoms with E-state index in [1.807, 2.05) is 13.0 Å². The van der Waals surface area contributed by atoms with Crippen molar-refractivity contribution in [2.45, 2.75) is 39.0 Å². The van der Waals surface area contributed by atoms with Crippen LogP contribution < -0.4 is 11.3 Å². The second-order valence-corrected chi connectivity index (χ2v) is 6.11. The Labute approximate surface area is 124 Å². The van der Waals surface area contributed by atoms with Crippen molar-refractivity contribution in [3.63, 3.8) is 0 Å². The number of morpholine rings is 1. The Hall–Kier alpha value is -1.70. The number of benzene rings is 1. The highest BCUT2D eigenvalue weighted by atomic mass is 16.6. The van der Waals surface area contributed by atoms with Gasteiger partial charge in [-0.1, -0.05) is 6.07 Å². The minimum atomic E-state index is -0.426. The molecule has 0 saturated carbocycles. The van der Waals surface area contributed by atoms with E-state index in [0.29, 0.717) is 12.2 Å². The quantitative estimate of drug-likeness (QED) is 0.500. The molecule has 1 aromatic rings. The van der Waals surface area contributed by atoms with Crippen molar-refractivity contribution in [3.8, 4) is 0 Å². The van der Waals surface area contributed by atoms with Crippen molar-refractivity contribution < 1.29 is 9.66 Å². The monoisotopic (exact) mass is 294 g/mol. The third kappa shape index (κ3) is 3.90. The molecule has 0 aromatic heterocycles. The molecule has 21 heavy (non-hydrogen) atoms. The van der Waals surface area contributed by atoms with Gasteiger partial charge in [0.1, 0.15) is 5.69 Å². The number of nitrogens with zero attached hydrogens (tertiary/aromatic N) is 2. The molecule has 0 aliphatic carbocycles. The lowest BCUT2D eigenvalue weighted by molar-refractivity contribution is -0.384. The van der Waals surface area contributed by atoms with E-state index >= 15 is 0 Å². The number of nitrogens with two attached hydrogens (primary N) is 1. The molecule has 1 saturated heterocycles. The smallest absolute Gasteiger partial charge is 0.293 e. The maximum Gasteiger partial charge on any atom is 0.293 e. The Morgan fingerprint density at radius 2 is 2.29 bits per heavy atom. The van der Waals surface area contributed by atoms with Gasteiger partial charge < -0.3 is 10.2 Å². The lowest BCUT2D eigenvalue weighted by Crippen LogP contribution is -2.51. The van der Waals surface area contributed by atoms with Gasteiger partial charge in [0.2, 0.25) is 0 Å². The molecule has 2 rings (SSSR count). The highest BCUT2D eigenvalue weighted by molar-refractivity contribution is 5.61. The summed E-state index contributed by atoms with van der Waals surface area (Å²) in [6, 6.07) is 5.07. The Morgan fingerprint density at radius 3 is 2.86 bits per heavy atom. The summed E-state index contributed by atoms with van der Waals surface area (Å²) in [5.41, 5.74) is 3.36. The van der Waals surface area contributed by atoms with Crippen LogP contribution >= 0.6 is 0 Å². The zero-order chi connectivity index (χ0) is 15.6. The molecular formula is C14H22N4O3. The first-order valence-electron chi connectivity index (χ1n) is 6.95. The van der Waals surface area contributed by atoms with E-state index in [9.17, 15) is 10.1 Å². The molecular weight excluding hydrogens is 272 g/mol. The van der Waals surface area contributed by atoms with Crippen molar-refractivity contribution >= 4 is 11.4 Å². The van der Waals surface area contributed by atoms with Crippen LogP contribution in [0.2, 0.25) is 0 Å². The molecule has 1 aromatic carbocycles. The minimum absolute atomic E-state index is 0.00410. The number of anilines is 1. The Kier molecular flexibility index (Phi) is 4.46. The largest absolute Gasteiger partial charge is 0.370 e. The van der Waals surface area contributed by atoms with E-state index in [4.69, 9.17) is 10.6 Å². The van der Waals surface area contributed by atoms with Crippen LogP contribution in [0.5, 0.6) is 0 Å². The third-order valence-corrected chi connectivity index (χ3v) is 3.46. The summed E-state index contributed by atoms with van der Waals surface area (Å²) in [6.45, 7) is 8.41. The fourth-order valence-electron chi connectivity index (χ4n) is 2.91. The van der Waals surface area contributed by atoms with E-state index in [1.165, 1.54) is 0 Å². The van der Waals surface area contributed by atoms with Crippen molar-refractivity contribution in [2.24, 2.45) is 5.84 Å². The number of hydrogen-bond donors (Lipinski definition) is 2. The van der Waals surface area contributed by atoms with E-state index in [0.717, 1.165) is 18.7 Å². The van der Waals surface area contributed by atoms with Crippen LogP contribution in [0.15, 0.2) is 18.2 Å². The molecule has 1 unspecified atom stereocenters. The number of hydrogen-bond acceptors (Lipinski definition) is 6. The minimum Gasteiger partial charge on any atom is -0.370 e. The van der Waals surface area contributed by atoms with Gasteiger partial charge in [0.15, 0.2) is 0 Å². The van der Waals surface area contributed by atoms with Crippen molar-refractivity contribution in [3.05, 3.63) is 33.9 Å². The lowest BCUT2D eigenvalue weighted by Gasteiger charge is -2.41. The predicted molar refractivity (Wildman–Crippen MR) is 80.8 cm³/mol. The van der Waals surface area contributed by atoms with E-state index in [-0.39, 0.29) is 17.4 Å². The fraction of sp³-hybridized carbons (Fsp3) is 0.571. The van der Waals surface area contributed by atoms with E-state index in [2.05, 4.69) is 24.2 Å².